The normalized spacial score (nSPS) is 10.5. The first kappa shape index (κ1) is 14.0. The smallest absolute Gasteiger partial charge is 0.227 e. The van der Waals surface area contributed by atoms with E-state index in [1.807, 2.05) is 6.92 Å². The molecule has 1 aromatic heterocycles. The van der Waals surface area contributed by atoms with Crippen LogP contribution in [0.15, 0.2) is 24.5 Å². The standard InChI is InChI=1S/C13H11Cl2FN2O/c1-2-3-9-12(15)17-7-18-13(9)19-8-4-5-11(16)10(14)6-8/h4-7H,2-3H2,1H3. The van der Waals surface area contributed by atoms with Crippen LogP contribution in [0.3, 0.4) is 0 Å². The van der Waals surface area contributed by atoms with Crippen LogP contribution in [0.4, 0.5) is 4.39 Å². The SMILES string of the molecule is CCCc1c(Cl)ncnc1Oc1ccc(F)c(Cl)c1. The minimum atomic E-state index is -0.497. The Morgan fingerprint density at radius 2 is 2.05 bits per heavy atom. The average molecular weight is 301 g/mol. The van der Waals surface area contributed by atoms with Gasteiger partial charge in [0.15, 0.2) is 0 Å². The number of nitrogens with zero attached hydrogens (tertiary/aromatic N) is 2. The van der Waals surface area contributed by atoms with E-state index in [4.69, 9.17) is 27.9 Å². The number of benzene rings is 1. The summed E-state index contributed by atoms with van der Waals surface area (Å²) in [5.74, 6) is 0.270. The van der Waals surface area contributed by atoms with Crippen molar-refractivity contribution in [3.8, 4) is 11.6 Å². The zero-order chi connectivity index (χ0) is 13.8. The number of hydrogen-bond acceptors (Lipinski definition) is 3. The quantitative estimate of drug-likeness (QED) is 0.770. The topological polar surface area (TPSA) is 35.0 Å². The molecular weight excluding hydrogens is 290 g/mol. The van der Waals surface area contributed by atoms with Crippen LogP contribution < -0.4 is 4.74 Å². The van der Waals surface area contributed by atoms with Gasteiger partial charge in [-0.1, -0.05) is 36.5 Å². The molecule has 0 spiro atoms. The molecule has 0 amide bonds. The molecule has 2 rings (SSSR count). The molecule has 1 aromatic carbocycles. The van der Waals surface area contributed by atoms with E-state index >= 15 is 0 Å². The molecule has 0 fully saturated rings. The number of hydrogen-bond donors (Lipinski definition) is 0. The maximum atomic E-state index is 13.1. The summed E-state index contributed by atoms with van der Waals surface area (Å²) in [6, 6.07) is 4.11. The highest BCUT2D eigenvalue weighted by Gasteiger charge is 2.12. The van der Waals surface area contributed by atoms with Gasteiger partial charge in [0.05, 0.1) is 10.6 Å². The van der Waals surface area contributed by atoms with Gasteiger partial charge in [-0.3, -0.25) is 0 Å². The second-order valence-electron chi connectivity index (χ2n) is 3.88. The van der Waals surface area contributed by atoms with Gasteiger partial charge >= 0.3 is 0 Å². The van der Waals surface area contributed by atoms with Gasteiger partial charge in [0, 0.05) is 6.07 Å². The van der Waals surface area contributed by atoms with E-state index in [0.29, 0.717) is 23.2 Å². The van der Waals surface area contributed by atoms with Crippen LogP contribution in [0.5, 0.6) is 11.6 Å². The zero-order valence-corrected chi connectivity index (χ0v) is 11.7. The van der Waals surface area contributed by atoms with Crippen molar-refractivity contribution in [3.05, 3.63) is 46.1 Å². The predicted molar refractivity (Wildman–Crippen MR) is 72.5 cm³/mol. The Hall–Kier alpha value is -1.39. The Morgan fingerprint density at radius 3 is 2.74 bits per heavy atom. The Kier molecular flexibility index (Phi) is 4.56. The van der Waals surface area contributed by atoms with Crippen LogP contribution in [0, 0.1) is 5.82 Å². The van der Waals surface area contributed by atoms with E-state index in [9.17, 15) is 4.39 Å². The fourth-order valence-corrected chi connectivity index (χ4v) is 1.97. The Balaban J connectivity index is 2.32. The summed E-state index contributed by atoms with van der Waals surface area (Å²) >= 11 is 11.7. The van der Waals surface area contributed by atoms with Gasteiger partial charge in [0.2, 0.25) is 5.88 Å². The van der Waals surface area contributed by atoms with Gasteiger partial charge in [-0.15, -0.1) is 0 Å². The summed E-state index contributed by atoms with van der Waals surface area (Å²) in [7, 11) is 0. The Labute approximate surface area is 120 Å². The second kappa shape index (κ2) is 6.17. The highest BCUT2D eigenvalue weighted by Crippen LogP contribution is 2.29. The molecule has 0 atom stereocenters. The lowest BCUT2D eigenvalue weighted by Gasteiger charge is -2.10. The monoisotopic (exact) mass is 300 g/mol. The highest BCUT2D eigenvalue weighted by atomic mass is 35.5. The minimum absolute atomic E-state index is 0.00491. The zero-order valence-electron chi connectivity index (χ0n) is 10.2. The summed E-state index contributed by atoms with van der Waals surface area (Å²) in [5.41, 5.74) is 0.729. The molecule has 0 aliphatic rings. The number of rotatable bonds is 4. The van der Waals surface area contributed by atoms with Crippen molar-refractivity contribution in [1.29, 1.82) is 0 Å². The lowest BCUT2D eigenvalue weighted by molar-refractivity contribution is 0.452. The van der Waals surface area contributed by atoms with E-state index in [0.717, 1.165) is 12.0 Å². The molecule has 0 aliphatic carbocycles. The van der Waals surface area contributed by atoms with E-state index in [2.05, 4.69) is 9.97 Å². The number of aromatic nitrogens is 2. The van der Waals surface area contributed by atoms with Gasteiger partial charge in [0.25, 0.3) is 0 Å². The molecular formula is C13H11Cl2FN2O. The van der Waals surface area contributed by atoms with Crippen molar-refractivity contribution >= 4 is 23.2 Å². The first-order valence-corrected chi connectivity index (χ1v) is 6.49. The molecule has 1 heterocycles. The second-order valence-corrected chi connectivity index (χ2v) is 4.64. The van der Waals surface area contributed by atoms with Gasteiger partial charge in [-0.25, -0.2) is 14.4 Å². The molecule has 3 nitrogen and oxygen atoms in total. The third kappa shape index (κ3) is 3.33. The lowest BCUT2D eigenvalue weighted by Crippen LogP contribution is -1.98. The van der Waals surface area contributed by atoms with E-state index < -0.39 is 5.82 Å². The summed E-state index contributed by atoms with van der Waals surface area (Å²) in [5, 5.41) is 0.356. The molecule has 0 saturated carbocycles. The van der Waals surface area contributed by atoms with Crippen LogP contribution in [-0.4, -0.2) is 9.97 Å². The highest BCUT2D eigenvalue weighted by molar-refractivity contribution is 6.31. The van der Waals surface area contributed by atoms with Gasteiger partial charge in [-0.2, -0.15) is 0 Å². The molecule has 100 valence electrons. The summed E-state index contributed by atoms with van der Waals surface area (Å²) in [6.45, 7) is 2.02. The van der Waals surface area contributed by atoms with E-state index in [1.54, 1.807) is 0 Å². The fourth-order valence-electron chi connectivity index (χ4n) is 1.58. The van der Waals surface area contributed by atoms with E-state index in [-0.39, 0.29) is 5.02 Å². The van der Waals surface area contributed by atoms with Crippen LogP contribution in [0.25, 0.3) is 0 Å². The van der Waals surface area contributed by atoms with Crippen LogP contribution in [0.1, 0.15) is 18.9 Å². The van der Waals surface area contributed by atoms with Crippen molar-refractivity contribution in [2.24, 2.45) is 0 Å². The van der Waals surface area contributed by atoms with Crippen molar-refractivity contribution in [2.45, 2.75) is 19.8 Å². The van der Waals surface area contributed by atoms with Crippen LogP contribution in [0.2, 0.25) is 10.2 Å². The first-order chi connectivity index (χ1) is 9.11. The Morgan fingerprint density at radius 1 is 1.26 bits per heavy atom. The van der Waals surface area contributed by atoms with Crippen molar-refractivity contribution in [3.63, 3.8) is 0 Å². The largest absolute Gasteiger partial charge is 0.439 e. The van der Waals surface area contributed by atoms with Crippen molar-refractivity contribution in [2.75, 3.05) is 0 Å². The molecule has 0 bridgehead atoms. The maximum absolute atomic E-state index is 13.1. The molecule has 0 radical (unpaired) electrons. The molecule has 19 heavy (non-hydrogen) atoms. The lowest BCUT2D eigenvalue weighted by atomic mass is 10.2. The summed E-state index contributed by atoms with van der Waals surface area (Å²) in [6.07, 6.45) is 2.90. The summed E-state index contributed by atoms with van der Waals surface area (Å²) in [4.78, 5) is 7.97. The van der Waals surface area contributed by atoms with Crippen molar-refractivity contribution < 1.29 is 9.13 Å². The average Bonchev–Trinajstić information content (AvgIpc) is 2.38. The van der Waals surface area contributed by atoms with Crippen LogP contribution in [-0.2, 0) is 6.42 Å². The fraction of sp³-hybridized carbons (Fsp3) is 0.231. The maximum Gasteiger partial charge on any atom is 0.227 e. The Bertz CT molecular complexity index is 593. The van der Waals surface area contributed by atoms with Gasteiger partial charge < -0.3 is 4.74 Å². The third-order valence-corrected chi connectivity index (χ3v) is 3.07. The molecule has 6 heteroatoms. The molecule has 0 N–H and O–H groups in total. The predicted octanol–water partition coefficient (Wildman–Crippen LogP) is 4.67. The van der Waals surface area contributed by atoms with Gasteiger partial charge in [-0.05, 0) is 18.6 Å². The first-order valence-electron chi connectivity index (χ1n) is 5.74. The van der Waals surface area contributed by atoms with Crippen LogP contribution >= 0.6 is 23.2 Å². The summed E-state index contributed by atoms with van der Waals surface area (Å²) < 4.78 is 18.7. The number of ether oxygens (including phenoxy) is 1. The molecule has 0 aliphatic heterocycles. The minimum Gasteiger partial charge on any atom is -0.439 e. The number of halogens is 3. The molecule has 0 saturated heterocycles. The molecule has 0 unspecified atom stereocenters. The van der Waals surface area contributed by atoms with Gasteiger partial charge in [0.1, 0.15) is 23.0 Å². The van der Waals surface area contributed by atoms with Crippen molar-refractivity contribution in [1.82, 2.24) is 9.97 Å². The third-order valence-electron chi connectivity index (χ3n) is 2.46. The molecule has 2 aromatic rings. The van der Waals surface area contributed by atoms with E-state index in [1.165, 1.54) is 24.5 Å².